The monoisotopic (exact) mass is 339 g/mol. The highest BCUT2D eigenvalue weighted by Gasteiger charge is 2.24. The van der Waals surface area contributed by atoms with Crippen LogP contribution in [0.2, 0.25) is 0 Å². The molecule has 1 atom stereocenters. The summed E-state index contributed by atoms with van der Waals surface area (Å²) >= 11 is 3.44. The van der Waals surface area contributed by atoms with E-state index in [9.17, 15) is 4.79 Å². The molecule has 0 aromatic heterocycles. The van der Waals surface area contributed by atoms with Gasteiger partial charge >= 0.3 is 0 Å². The smallest absolute Gasteiger partial charge is 0.137 e. The highest BCUT2D eigenvalue weighted by Crippen LogP contribution is 2.32. The average molecular weight is 340 g/mol. The minimum absolute atomic E-state index is 0.218. The first-order chi connectivity index (χ1) is 9.32. The Morgan fingerprint density at radius 2 is 2.00 bits per heavy atom. The largest absolute Gasteiger partial charge is 0.330 e. The molecule has 0 bridgehead atoms. The zero-order chi connectivity index (χ0) is 15.2. The van der Waals surface area contributed by atoms with Gasteiger partial charge in [0.1, 0.15) is 5.78 Å². The lowest BCUT2D eigenvalue weighted by Gasteiger charge is -2.30. The van der Waals surface area contributed by atoms with Gasteiger partial charge in [-0.3, -0.25) is 4.79 Å². The number of benzene rings is 1. The number of halogens is 1. The summed E-state index contributed by atoms with van der Waals surface area (Å²) < 4.78 is 1.03. The summed E-state index contributed by atoms with van der Waals surface area (Å²) in [5.74, 6) is 0.827. The number of Topliss-reactive ketones (excluding diaryl/α,β-unsaturated/α-hetero) is 1. The van der Waals surface area contributed by atoms with Crippen molar-refractivity contribution < 1.29 is 4.79 Å². The van der Waals surface area contributed by atoms with Crippen molar-refractivity contribution in [1.29, 1.82) is 0 Å². The lowest BCUT2D eigenvalue weighted by atomic mass is 9.76. The molecule has 0 saturated carbocycles. The number of hydrogen-bond donors (Lipinski definition) is 1. The van der Waals surface area contributed by atoms with Crippen LogP contribution in [0.15, 0.2) is 28.7 Å². The molecule has 1 aromatic rings. The van der Waals surface area contributed by atoms with Crippen LogP contribution in [0.3, 0.4) is 0 Å². The number of rotatable bonds is 7. The van der Waals surface area contributed by atoms with E-state index in [0.717, 1.165) is 22.9 Å². The standard InChI is InChI=1S/C17H26BrNO/c1-17(2,3)14(9-10-19)7-8-16(20)12-13-5-4-6-15(18)11-13/h4-6,11,14H,7-10,12,19H2,1-3H3. The second-order valence-corrected chi connectivity index (χ2v) is 7.44. The summed E-state index contributed by atoms with van der Waals surface area (Å²) in [6, 6.07) is 7.97. The van der Waals surface area contributed by atoms with Gasteiger partial charge in [0.25, 0.3) is 0 Å². The third-order valence-electron chi connectivity index (χ3n) is 3.80. The summed E-state index contributed by atoms with van der Waals surface area (Å²) in [4.78, 5) is 12.1. The number of nitrogens with two attached hydrogens (primary N) is 1. The Hall–Kier alpha value is -0.670. The molecule has 0 fully saturated rings. The number of carbonyl (C=O) groups excluding carboxylic acids is 1. The Bertz CT molecular complexity index is 437. The maximum absolute atomic E-state index is 12.1. The zero-order valence-electron chi connectivity index (χ0n) is 12.8. The fraction of sp³-hybridized carbons (Fsp3) is 0.588. The molecule has 2 nitrogen and oxygen atoms in total. The van der Waals surface area contributed by atoms with E-state index in [1.165, 1.54) is 0 Å². The molecule has 0 radical (unpaired) electrons. The van der Waals surface area contributed by atoms with Gasteiger partial charge in [0.15, 0.2) is 0 Å². The van der Waals surface area contributed by atoms with E-state index < -0.39 is 0 Å². The molecule has 0 saturated heterocycles. The van der Waals surface area contributed by atoms with Crippen LogP contribution >= 0.6 is 15.9 Å². The van der Waals surface area contributed by atoms with Gasteiger partial charge in [0, 0.05) is 17.3 Å². The third-order valence-corrected chi connectivity index (χ3v) is 4.30. The number of carbonyl (C=O) groups is 1. The summed E-state index contributed by atoms with van der Waals surface area (Å²) in [6.07, 6.45) is 3.11. The Morgan fingerprint density at radius 1 is 1.30 bits per heavy atom. The van der Waals surface area contributed by atoms with E-state index >= 15 is 0 Å². The first-order valence-electron chi connectivity index (χ1n) is 7.29. The van der Waals surface area contributed by atoms with E-state index in [0.29, 0.717) is 31.1 Å². The van der Waals surface area contributed by atoms with Crippen LogP contribution < -0.4 is 5.73 Å². The minimum Gasteiger partial charge on any atom is -0.330 e. The molecular formula is C17H26BrNO. The van der Waals surface area contributed by atoms with Crippen molar-refractivity contribution in [3.8, 4) is 0 Å². The lowest BCUT2D eigenvalue weighted by molar-refractivity contribution is -0.118. The molecule has 112 valence electrons. The van der Waals surface area contributed by atoms with Crippen LogP contribution in [0.1, 0.15) is 45.6 Å². The highest BCUT2D eigenvalue weighted by molar-refractivity contribution is 9.10. The molecule has 3 heteroatoms. The quantitative estimate of drug-likeness (QED) is 0.802. The van der Waals surface area contributed by atoms with Crippen molar-refractivity contribution in [2.24, 2.45) is 17.1 Å². The Kier molecular flexibility index (Phi) is 6.90. The van der Waals surface area contributed by atoms with Crippen molar-refractivity contribution in [1.82, 2.24) is 0 Å². The molecule has 2 N–H and O–H groups in total. The first kappa shape index (κ1) is 17.4. The Morgan fingerprint density at radius 3 is 2.55 bits per heavy atom. The Labute approximate surface area is 131 Å². The molecule has 0 aliphatic heterocycles. The summed E-state index contributed by atoms with van der Waals surface area (Å²) in [6.45, 7) is 7.38. The van der Waals surface area contributed by atoms with Crippen molar-refractivity contribution in [3.63, 3.8) is 0 Å². The van der Waals surface area contributed by atoms with Gasteiger partial charge in [0.2, 0.25) is 0 Å². The minimum atomic E-state index is 0.218. The molecule has 1 rings (SSSR count). The van der Waals surface area contributed by atoms with E-state index in [1.54, 1.807) is 0 Å². The molecule has 1 unspecified atom stereocenters. The maximum atomic E-state index is 12.1. The summed E-state index contributed by atoms with van der Waals surface area (Å²) in [7, 11) is 0. The molecular weight excluding hydrogens is 314 g/mol. The molecule has 0 spiro atoms. The molecule has 20 heavy (non-hydrogen) atoms. The fourth-order valence-corrected chi connectivity index (χ4v) is 2.96. The fourth-order valence-electron chi connectivity index (χ4n) is 2.51. The second kappa shape index (κ2) is 7.94. The van der Waals surface area contributed by atoms with Crippen molar-refractivity contribution in [2.75, 3.05) is 6.54 Å². The lowest BCUT2D eigenvalue weighted by Crippen LogP contribution is -2.24. The topological polar surface area (TPSA) is 43.1 Å². The number of ketones is 1. The van der Waals surface area contributed by atoms with Gasteiger partial charge < -0.3 is 5.73 Å². The van der Waals surface area contributed by atoms with Crippen LogP contribution in [0.25, 0.3) is 0 Å². The predicted octanol–water partition coefficient (Wildman–Crippen LogP) is 4.35. The van der Waals surface area contributed by atoms with Crippen LogP contribution in [-0.2, 0) is 11.2 Å². The number of hydrogen-bond acceptors (Lipinski definition) is 2. The highest BCUT2D eigenvalue weighted by atomic mass is 79.9. The van der Waals surface area contributed by atoms with Gasteiger partial charge in [-0.25, -0.2) is 0 Å². The summed E-state index contributed by atoms with van der Waals surface area (Å²) in [5.41, 5.74) is 6.98. The molecule has 0 amide bonds. The van der Waals surface area contributed by atoms with Crippen LogP contribution in [0, 0.1) is 11.3 Å². The van der Waals surface area contributed by atoms with Crippen LogP contribution in [0.5, 0.6) is 0 Å². The van der Waals surface area contributed by atoms with E-state index in [2.05, 4.69) is 36.7 Å². The van der Waals surface area contributed by atoms with E-state index in [-0.39, 0.29) is 5.41 Å². The first-order valence-corrected chi connectivity index (χ1v) is 8.08. The third kappa shape index (κ3) is 6.19. The zero-order valence-corrected chi connectivity index (χ0v) is 14.4. The van der Waals surface area contributed by atoms with E-state index in [4.69, 9.17) is 5.73 Å². The average Bonchev–Trinajstić information content (AvgIpc) is 2.33. The van der Waals surface area contributed by atoms with Gasteiger partial charge in [-0.2, -0.15) is 0 Å². The van der Waals surface area contributed by atoms with Crippen LogP contribution in [0.4, 0.5) is 0 Å². The second-order valence-electron chi connectivity index (χ2n) is 6.52. The van der Waals surface area contributed by atoms with Crippen molar-refractivity contribution >= 4 is 21.7 Å². The van der Waals surface area contributed by atoms with Crippen LogP contribution in [-0.4, -0.2) is 12.3 Å². The van der Waals surface area contributed by atoms with E-state index in [1.807, 2.05) is 24.3 Å². The molecule has 0 aliphatic carbocycles. The maximum Gasteiger partial charge on any atom is 0.137 e. The molecule has 0 aliphatic rings. The Balaban J connectivity index is 2.50. The van der Waals surface area contributed by atoms with Gasteiger partial charge in [-0.1, -0.05) is 48.8 Å². The molecule has 0 heterocycles. The van der Waals surface area contributed by atoms with Gasteiger partial charge in [0.05, 0.1) is 0 Å². The normalized spacial score (nSPS) is 13.2. The SMILES string of the molecule is CC(C)(C)C(CCN)CCC(=O)Cc1cccc(Br)c1. The van der Waals surface area contributed by atoms with Crippen molar-refractivity contribution in [3.05, 3.63) is 34.3 Å². The predicted molar refractivity (Wildman–Crippen MR) is 88.7 cm³/mol. The van der Waals surface area contributed by atoms with Gasteiger partial charge in [-0.05, 0) is 48.4 Å². The molecule has 1 aromatic carbocycles. The van der Waals surface area contributed by atoms with Gasteiger partial charge in [-0.15, -0.1) is 0 Å². The van der Waals surface area contributed by atoms with Crippen molar-refractivity contribution in [2.45, 2.75) is 46.5 Å². The summed E-state index contributed by atoms with van der Waals surface area (Å²) in [5, 5.41) is 0.